The summed E-state index contributed by atoms with van der Waals surface area (Å²) >= 11 is 0. The van der Waals surface area contributed by atoms with E-state index in [0.717, 1.165) is 36.9 Å². The number of aryl methyl sites for hydroxylation is 1. The van der Waals surface area contributed by atoms with Gasteiger partial charge in [0.15, 0.2) is 0 Å². The molecule has 3 heterocycles. The Bertz CT molecular complexity index is 951. The third-order valence-electron chi connectivity index (χ3n) is 6.59. The Labute approximate surface area is 195 Å². The van der Waals surface area contributed by atoms with Gasteiger partial charge in [0.05, 0.1) is 6.10 Å². The number of amides is 1. The third-order valence-corrected chi connectivity index (χ3v) is 6.59. The lowest BCUT2D eigenvalue weighted by atomic mass is 10.0. The van der Waals surface area contributed by atoms with E-state index in [-0.39, 0.29) is 6.10 Å². The minimum absolute atomic E-state index is 0.225. The van der Waals surface area contributed by atoms with Crippen LogP contribution in [0, 0.1) is 0 Å². The second-order valence-corrected chi connectivity index (χ2v) is 8.53. The van der Waals surface area contributed by atoms with Crippen molar-refractivity contribution in [2.45, 2.75) is 51.2 Å². The average Bonchev–Trinajstić information content (AvgIpc) is 3.19. The van der Waals surface area contributed by atoms with Gasteiger partial charge in [0.25, 0.3) is 0 Å². The quantitative estimate of drug-likeness (QED) is 0.586. The summed E-state index contributed by atoms with van der Waals surface area (Å²) in [7, 11) is 4.96. The number of aromatic nitrogens is 1. The predicted octanol–water partition coefficient (Wildman–Crippen LogP) is 3.93. The summed E-state index contributed by atoms with van der Waals surface area (Å²) in [6.45, 7) is 4.41. The molecule has 2 atom stereocenters. The van der Waals surface area contributed by atoms with Gasteiger partial charge >= 0.3 is 6.09 Å². The molecule has 0 N–H and O–H groups in total. The van der Waals surface area contributed by atoms with Gasteiger partial charge in [-0.1, -0.05) is 18.2 Å². The molecule has 1 amide bonds. The summed E-state index contributed by atoms with van der Waals surface area (Å²) < 4.78 is 22.4. The molecule has 0 aliphatic carbocycles. The van der Waals surface area contributed by atoms with E-state index in [9.17, 15) is 4.79 Å². The standard InChI is InChI=1S/C25H33N3O5/c1-17-21(30-2)12-14-27(17)16-19-15-18-9-8-13-28(23(18)26-22(19)24(31-3)32-4)25(29)33-20-10-6-5-7-11-20/h5-7,10-11,15,17,21,24H,8-9,12-14,16H2,1-4H3. The van der Waals surface area contributed by atoms with Crippen LogP contribution in [0.1, 0.15) is 42.9 Å². The van der Waals surface area contributed by atoms with Gasteiger partial charge in [0.2, 0.25) is 6.29 Å². The number of anilines is 1. The first kappa shape index (κ1) is 23.6. The molecule has 1 fully saturated rings. The Morgan fingerprint density at radius 3 is 2.58 bits per heavy atom. The van der Waals surface area contributed by atoms with Crippen LogP contribution in [-0.4, -0.2) is 62.5 Å². The summed E-state index contributed by atoms with van der Waals surface area (Å²) in [6.07, 6.45) is 1.86. The van der Waals surface area contributed by atoms with Gasteiger partial charge < -0.3 is 18.9 Å². The lowest BCUT2D eigenvalue weighted by molar-refractivity contribution is -0.109. The van der Waals surface area contributed by atoms with E-state index in [0.29, 0.717) is 36.4 Å². The van der Waals surface area contributed by atoms with Crippen LogP contribution in [0.2, 0.25) is 0 Å². The molecule has 2 aliphatic heterocycles. The Morgan fingerprint density at radius 2 is 1.91 bits per heavy atom. The molecule has 178 valence electrons. The molecule has 8 nitrogen and oxygen atoms in total. The maximum Gasteiger partial charge on any atom is 0.420 e. The monoisotopic (exact) mass is 455 g/mol. The average molecular weight is 456 g/mol. The zero-order chi connectivity index (χ0) is 23.4. The molecule has 0 spiro atoms. The van der Waals surface area contributed by atoms with Gasteiger partial charge in [-0.25, -0.2) is 9.78 Å². The van der Waals surface area contributed by atoms with E-state index in [1.807, 2.05) is 18.2 Å². The second kappa shape index (κ2) is 10.6. The lowest BCUT2D eigenvalue weighted by Crippen LogP contribution is -2.39. The van der Waals surface area contributed by atoms with Crippen molar-refractivity contribution < 1.29 is 23.7 Å². The molecule has 2 unspecified atom stereocenters. The molecule has 1 aromatic carbocycles. The summed E-state index contributed by atoms with van der Waals surface area (Å²) in [5.41, 5.74) is 2.77. The van der Waals surface area contributed by atoms with Crippen LogP contribution in [0.5, 0.6) is 5.75 Å². The SMILES string of the molecule is COC(OC)c1nc2c(cc1CN1CCC(OC)C1C)CCCN2C(=O)Oc1ccccc1. The molecule has 0 saturated carbocycles. The highest BCUT2D eigenvalue weighted by atomic mass is 16.7. The van der Waals surface area contributed by atoms with Crippen LogP contribution in [0.4, 0.5) is 10.6 Å². The number of carbonyl (C=O) groups excluding carboxylic acids is 1. The maximum absolute atomic E-state index is 13.0. The molecule has 0 radical (unpaired) electrons. The molecule has 8 heteroatoms. The van der Waals surface area contributed by atoms with Gasteiger partial charge in [-0.3, -0.25) is 9.80 Å². The molecular formula is C25H33N3O5. The van der Waals surface area contributed by atoms with Gasteiger partial charge in [0, 0.05) is 47.0 Å². The van der Waals surface area contributed by atoms with Gasteiger partial charge in [-0.15, -0.1) is 0 Å². The molecule has 2 aliphatic rings. The van der Waals surface area contributed by atoms with Crippen molar-refractivity contribution in [2.75, 3.05) is 39.3 Å². The Kier molecular flexibility index (Phi) is 7.60. The molecule has 4 rings (SSSR count). The van der Waals surface area contributed by atoms with Crippen LogP contribution >= 0.6 is 0 Å². The van der Waals surface area contributed by atoms with E-state index in [2.05, 4.69) is 17.9 Å². The van der Waals surface area contributed by atoms with Gasteiger partial charge in [-0.05, 0) is 55.5 Å². The Balaban J connectivity index is 1.65. The van der Waals surface area contributed by atoms with Crippen LogP contribution < -0.4 is 9.64 Å². The number of methoxy groups -OCH3 is 3. The van der Waals surface area contributed by atoms with Crippen molar-refractivity contribution in [1.82, 2.24) is 9.88 Å². The minimum Gasteiger partial charge on any atom is -0.410 e. The van der Waals surface area contributed by atoms with Crippen LogP contribution in [0.15, 0.2) is 36.4 Å². The van der Waals surface area contributed by atoms with Crippen molar-refractivity contribution in [3.8, 4) is 5.75 Å². The van der Waals surface area contributed by atoms with Crippen LogP contribution in [0.25, 0.3) is 0 Å². The van der Waals surface area contributed by atoms with Gasteiger partial charge in [0.1, 0.15) is 17.3 Å². The van der Waals surface area contributed by atoms with E-state index >= 15 is 0 Å². The van der Waals surface area contributed by atoms with Crippen LogP contribution in [0.3, 0.4) is 0 Å². The molecule has 33 heavy (non-hydrogen) atoms. The molecule has 0 bridgehead atoms. The normalized spacial score (nSPS) is 20.8. The minimum atomic E-state index is -0.629. The Morgan fingerprint density at radius 1 is 1.15 bits per heavy atom. The first-order valence-corrected chi connectivity index (χ1v) is 11.4. The van der Waals surface area contributed by atoms with E-state index in [1.165, 1.54) is 0 Å². The molecule has 1 aromatic heterocycles. The number of likely N-dealkylation sites (tertiary alicyclic amines) is 1. The number of para-hydroxylation sites is 1. The Hall–Kier alpha value is -2.52. The number of rotatable bonds is 7. The topological polar surface area (TPSA) is 73.4 Å². The highest BCUT2D eigenvalue weighted by molar-refractivity contribution is 5.89. The molecule has 1 saturated heterocycles. The van der Waals surface area contributed by atoms with E-state index in [4.69, 9.17) is 23.9 Å². The second-order valence-electron chi connectivity index (χ2n) is 8.53. The predicted molar refractivity (Wildman–Crippen MR) is 124 cm³/mol. The maximum atomic E-state index is 13.0. The lowest BCUT2D eigenvalue weighted by Gasteiger charge is -2.31. The number of hydrogen-bond donors (Lipinski definition) is 0. The molecular weight excluding hydrogens is 422 g/mol. The summed E-state index contributed by atoms with van der Waals surface area (Å²) in [5.74, 6) is 1.12. The summed E-state index contributed by atoms with van der Waals surface area (Å²) in [6, 6.07) is 11.5. The number of ether oxygens (including phenoxy) is 4. The zero-order valence-corrected chi connectivity index (χ0v) is 19.8. The first-order valence-electron chi connectivity index (χ1n) is 11.4. The molecule has 2 aromatic rings. The van der Waals surface area contributed by atoms with Crippen molar-refractivity contribution in [1.29, 1.82) is 0 Å². The smallest absolute Gasteiger partial charge is 0.410 e. The van der Waals surface area contributed by atoms with Crippen molar-refractivity contribution >= 4 is 11.9 Å². The van der Waals surface area contributed by atoms with Gasteiger partial charge in [-0.2, -0.15) is 0 Å². The van der Waals surface area contributed by atoms with Crippen molar-refractivity contribution in [3.63, 3.8) is 0 Å². The number of carbonyl (C=O) groups is 1. The summed E-state index contributed by atoms with van der Waals surface area (Å²) in [4.78, 5) is 21.9. The fraction of sp³-hybridized carbons (Fsp3) is 0.520. The largest absolute Gasteiger partial charge is 0.420 e. The number of nitrogens with zero attached hydrogens (tertiary/aromatic N) is 3. The van der Waals surface area contributed by atoms with Crippen molar-refractivity contribution in [2.24, 2.45) is 0 Å². The van der Waals surface area contributed by atoms with E-state index in [1.54, 1.807) is 38.4 Å². The zero-order valence-electron chi connectivity index (χ0n) is 19.8. The highest BCUT2D eigenvalue weighted by Gasteiger charge is 2.33. The number of benzene rings is 1. The summed E-state index contributed by atoms with van der Waals surface area (Å²) in [5, 5.41) is 0. The fourth-order valence-electron chi connectivity index (χ4n) is 4.76. The highest BCUT2D eigenvalue weighted by Crippen LogP contribution is 2.33. The fourth-order valence-corrected chi connectivity index (χ4v) is 4.76. The van der Waals surface area contributed by atoms with Crippen LogP contribution in [-0.2, 0) is 27.2 Å². The first-order chi connectivity index (χ1) is 16.0. The van der Waals surface area contributed by atoms with Crippen molar-refractivity contribution in [3.05, 3.63) is 53.2 Å². The number of fused-ring (bicyclic) bond motifs is 1. The van der Waals surface area contributed by atoms with E-state index < -0.39 is 12.4 Å². The third kappa shape index (κ3) is 5.04. The number of pyridine rings is 1. The number of hydrogen-bond acceptors (Lipinski definition) is 7.